The first-order valence-corrected chi connectivity index (χ1v) is 7.94. The van der Waals surface area contributed by atoms with Crippen molar-refractivity contribution >= 4 is 0 Å². The molecule has 1 aromatic rings. The SMILES string of the molecule is CC.CC.CC.CC.CCc1ccc(CC)cc1. The van der Waals surface area contributed by atoms with Gasteiger partial charge in [0.1, 0.15) is 0 Å². The van der Waals surface area contributed by atoms with E-state index in [-0.39, 0.29) is 0 Å². The second-order valence-corrected chi connectivity index (χ2v) is 2.52. The van der Waals surface area contributed by atoms with E-state index in [9.17, 15) is 0 Å². The fraction of sp³-hybridized carbons (Fsp3) is 0.667. The molecule has 0 heterocycles. The summed E-state index contributed by atoms with van der Waals surface area (Å²) in [5.74, 6) is 0. The highest BCUT2D eigenvalue weighted by Crippen LogP contribution is 2.04. The Hall–Kier alpha value is -0.780. The van der Waals surface area contributed by atoms with Gasteiger partial charge in [-0.25, -0.2) is 0 Å². The first kappa shape index (κ1) is 25.9. The van der Waals surface area contributed by atoms with Gasteiger partial charge < -0.3 is 0 Å². The Bertz CT molecular complexity index is 161. The highest BCUT2D eigenvalue weighted by molar-refractivity contribution is 5.22. The van der Waals surface area contributed by atoms with Crippen LogP contribution < -0.4 is 0 Å². The van der Waals surface area contributed by atoms with Crippen LogP contribution in [0.4, 0.5) is 0 Å². The fourth-order valence-electron chi connectivity index (χ4n) is 1.01. The maximum absolute atomic E-state index is 2.21. The Morgan fingerprint density at radius 3 is 0.778 bits per heavy atom. The fourth-order valence-corrected chi connectivity index (χ4v) is 1.01. The molecule has 110 valence electrons. The quantitative estimate of drug-likeness (QED) is 0.537. The molecule has 0 fully saturated rings. The molecule has 0 aliphatic heterocycles. The third-order valence-corrected chi connectivity index (χ3v) is 1.84. The summed E-state index contributed by atoms with van der Waals surface area (Å²) < 4.78 is 0. The lowest BCUT2D eigenvalue weighted by molar-refractivity contribution is 1.10. The summed E-state index contributed by atoms with van der Waals surface area (Å²) in [6.07, 6.45) is 2.29. The molecule has 1 rings (SSSR count). The first-order chi connectivity index (χ1) is 8.86. The molecule has 0 saturated heterocycles. The van der Waals surface area contributed by atoms with Gasteiger partial charge in [0.15, 0.2) is 0 Å². The van der Waals surface area contributed by atoms with Crippen LogP contribution in [-0.4, -0.2) is 0 Å². The average molecular weight is 255 g/mol. The highest BCUT2D eigenvalue weighted by Gasteiger charge is 1.88. The molecule has 0 heteroatoms. The molecule has 1 aromatic carbocycles. The van der Waals surface area contributed by atoms with Crippen LogP contribution in [0.2, 0.25) is 0 Å². The zero-order valence-electron chi connectivity index (χ0n) is 14.7. The van der Waals surface area contributed by atoms with Crippen molar-refractivity contribution in [3.63, 3.8) is 0 Å². The van der Waals surface area contributed by atoms with E-state index in [4.69, 9.17) is 0 Å². The van der Waals surface area contributed by atoms with Gasteiger partial charge in [-0.15, -0.1) is 0 Å². The van der Waals surface area contributed by atoms with Crippen LogP contribution in [0, 0.1) is 0 Å². The lowest BCUT2D eigenvalue weighted by Gasteiger charge is -1.97. The zero-order chi connectivity index (χ0) is 15.4. The minimum absolute atomic E-state index is 1.14. The van der Waals surface area contributed by atoms with E-state index in [0.717, 1.165) is 12.8 Å². The van der Waals surface area contributed by atoms with E-state index >= 15 is 0 Å². The molecule has 18 heavy (non-hydrogen) atoms. The molecule has 0 aliphatic carbocycles. The normalized spacial score (nSPS) is 6.78. The summed E-state index contributed by atoms with van der Waals surface area (Å²) in [6.45, 7) is 20.4. The Morgan fingerprint density at radius 2 is 0.667 bits per heavy atom. The molecule has 0 amide bonds. The number of hydrogen-bond donors (Lipinski definition) is 0. The van der Waals surface area contributed by atoms with Crippen molar-refractivity contribution in [3.8, 4) is 0 Å². The summed E-state index contributed by atoms with van der Waals surface area (Å²) >= 11 is 0. The molecule has 0 N–H and O–H groups in total. The van der Waals surface area contributed by atoms with E-state index in [1.807, 2.05) is 55.4 Å². The topological polar surface area (TPSA) is 0 Å². The molecule has 0 aliphatic rings. The molecule has 0 aromatic heterocycles. The van der Waals surface area contributed by atoms with Crippen molar-refractivity contribution in [2.24, 2.45) is 0 Å². The van der Waals surface area contributed by atoms with Crippen LogP contribution in [-0.2, 0) is 12.8 Å². The van der Waals surface area contributed by atoms with Crippen molar-refractivity contribution in [3.05, 3.63) is 35.4 Å². The molecule has 0 saturated carbocycles. The van der Waals surface area contributed by atoms with Gasteiger partial charge in [-0.1, -0.05) is 93.5 Å². The number of hydrogen-bond acceptors (Lipinski definition) is 0. The molecule has 0 bridgehead atoms. The summed E-state index contributed by atoms with van der Waals surface area (Å²) in [5, 5.41) is 0. The summed E-state index contributed by atoms with van der Waals surface area (Å²) in [4.78, 5) is 0. The van der Waals surface area contributed by atoms with Crippen molar-refractivity contribution in [1.82, 2.24) is 0 Å². The van der Waals surface area contributed by atoms with Crippen LogP contribution in [0.1, 0.15) is 80.4 Å². The van der Waals surface area contributed by atoms with Gasteiger partial charge in [0.05, 0.1) is 0 Å². The molecule has 0 atom stereocenters. The van der Waals surface area contributed by atoms with Crippen LogP contribution in [0.15, 0.2) is 24.3 Å². The predicted octanol–water partition coefficient (Wildman–Crippen LogP) is 6.92. The largest absolute Gasteiger partial charge is 0.0683 e. The molecule has 0 unspecified atom stereocenters. The minimum Gasteiger partial charge on any atom is -0.0683 e. The van der Waals surface area contributed by atoms with E-state index in [0.29, 0.717) is 0 Å². The molecule has 0 radical (unpaired) electrons. The number of benzene rings is 1. The molecule has 0 nitrogen and oxygen atoms in total. The second kappa shape index (κ2) is 29.8. The van der Waals surface area contributed by atoms with Gasteiger partial charge in [0.25, 0.3) is 0 Å². The zero-order valence-corrected chi connectivity index (χ0v) is 14.7. The lowest BCUT2D eigenvalue weighted by atomic mass is 10.1. The summed E-state index contributed by atoms with van der Waals surface area (Å²) in [6, 6.07) is 8.83. The van der Waals surface area contributed by atoms with E-state index in [2.05, 4.69) is 38.1 Å². The molecule has 0 spiro atoms. The van der Waals surface area contributed by atoms with Crippen LogP contribution in [0.25, 0.3) is 0 Å². The second-order valence-electron chi connectivity index (χ2n) is 2.52. The predicted molar refractivity (Wildman–Crippen MR) is 90.6 cm³/mol. The maximum Gasteiger partial charge on any atom is -0.0307 e. The highest BCUT2D eigenvalue weighted by atomic mass is 13.9. The Morgan fingerprint density at radius 1 is 0.500 bits per heavy atom. The standard InChI is InChI=1S/C10H14.4C2H6/c1-3-9-5-7-10(4-2)8-6-9;4*1-2/h5-8H,3-4H2,1-2H3;4*1-2H3. The Balaban J connectivity index is -0.000000105. The van der Waals surface area contributed by atoms with Crippen molar-refractivity contribution in [2.75, 3.05) is 0 Å². The lowest BCUT2D eigenvalue weighted by Crippen LogP contribution is -1.81. The van der Waals surface area contributed by atoms with Gasteiger partial charge in [0, 0.05) is 0 Å². The van der Waals surface area contributed by atoms with Crippen molar-refractivity contribution < 1.29 is 0 Å². The van der Waals surface area contributed by atoms with Crippen LogP contribution >= 0.6 is 0 Å². The maximum atomic E-state index is 2.21. The van der Waals surface area contributed by atoms with Gasteiger partial charge in [-0.3, -0.25) is 0 Å². The monoisotopic (exact) mass is 254 g/mol. The molecular formula is C18H38. The third kappa shape index (κ3) is 17.6. The minimum atomic E-state index is 1.14. The average Bonchev–Trinajstić information content (AvgIpc) is 2.55. The number of rotatable bonds is 2. The third-order valence-electron chi connectivity index (χ3n) is 1.84. The smallest absolute Gasteiger partial charge is 0.0307 e. The van der Waals surface area contributed by atoms with Crippen LogP contribution in [0.5, 0.6) is 0 Å². The summed E-state index contributed by atoms with van der Waals surface area (Å²) in [5.41, 5.74) is 2.86. The van der Waals surface area contributed by atoms with E-state index in [1.165, 1.54) is 11.1 Å². The summed E-state index contributed by atoms with van der Waals surface area (Å²) in [7, 11) is 0. The van der Waals surface area contributed by atoms with Gasteiger partial charge in [-0.2, -0.15) is 0 Å². The van der Waals surface area contributed by atoms with Crippen molar-refractivity contribution in [1.29, 1.82) is 0 Å². The van der Waals surface area contributed by atoms with E-state index < -0.39 is 0 Å². The van der Waals surface area contributed by atoms with Gasteiger partial charge in [-0.05, 0) is 24.0 Å². The van der Waals surface area contributed by atoms with E-state index in [1.54, 1.807) is 0 Å². The Kier molecular flexibility index (Phi) is 43.0. The van der Waals surface area contributed by atoms with Gasteiger partial charge >= 0.3 is 0 Å². The molecular weight excluding hydrogens is 216 g/mol. The van der Waals surface area contributed by atoms with Crippen LogP contribution in [0.3, 0.4) is 0 Å². The van der Waals surface area contributed by atoms with Gasteiger partial charge in [0.2, 0.25) is 0 Å². The Labute approximate surface area is 118 Å². The number of aryl methyl sites for hydroxylation is 2. The van der Waals surface area contributed by atoms with Crippen molar-refractivity contribution in [2.45, 2.75) is 82.1 Å². The first-order valence-electron chi connectivity index (χ1n) is 7.94.